The summed E-state index contributed by atoms with van der Waals surface area (Å²) in [5.74, 6) is 0.151. The number of nitrogens with zero attached hydrogens (tertiary/aromatic N) is 3. The molecule has 17 nitrogen and oxygen atoms in total. The summed E-state index contributed by atoms with van der Waals surface area (Å²) in [5, 5.41) is 14.5. The fraction of sp³-hybridized carbons (Fsp3) is 0.500. The van der Waals surface area contributed by atoms with Gasteiger partial charge in [0.1, 0.15) is 30.2 Å². The van der Waals surface area contributed by atoms with Gasteiger partial charge in [0.05, 0.1) is 25.7 Å². The summed E-state index contributed by atoms with van der Waals surface area (Å²) in [5.41, 5.74) is 11.2. The van der Waals surface area contributed by atoms with Crippen LogP contribution in [0.1, 0.15) is 18.7 Å². The first-order valence-corrected chi connectivity index (χ1v) is 12.8. The Balaban J connectivity index is 1.74. The molecule has 0 saturated carbocycles. The molecule has 0 aromatic carbocycles. The Morgan fingerprint density at radius 3 is 2.50 bits per heavy atom. The Morgan fingerprint density at radius 2 is 1.88 bits per heavy atom. The van der Waals surface area contributed by atoms with E-state index in [0.29, 0.717) is 11.2 Å². The molecule has 1 aliphatic heterocycles. The number of nitrogens with two attached hydrogens (primary N) is 2. The predicted molar refractivity (Wildman–Crippen MR) is 94.6 cm³/mol. The number of aromatic nitrogens is 3. The quantitative estimate of drug-likeness (QED) is 0.289. The third-order valence-corrected chi connectivity index (χ3v) is 8.11. The number of hydrogen-bond acceptors (Lipinski definition) is 16. The molecule has 6 atom stereocenters. The first-order chi connectivity index (χ1) is 14.5. The first-order valence-electron chi connectivity index (χ1n) is 8.44. The molecule has 180 valence electrons. The Kier molecular flexibility index (Phi) is 6.72. The zero-order valence-corrected chi connectivity index (χ0v) is 18.6. The average molecular weight is 515 g/mol. The molecule has 2 aromatic heterocycles. The number of ether oxygens (including phenoxy) is 1. The highest BCUT2D eigenvalue weighted by molar-refractivity contribution is 7.64. The number of fused-ring (bicyclic) bond motifs is 1. The van der Waals surface area contributed by atoms with Crippen LogP contribution in [0.3, 0.4) is 0 Å². The molecule has 0 spiro atoms. The zero-order chi connectivity index (χ0) is 24.1. The van der Waals surface area contributed by atoms with Crippen molar-refractivity contribution in [2.45, 2.75) is 30.8 Å². The van der Waals surface area contributed by atoms with Crippen LogP contribution < -0.4 is 31.0 Å². The molecule has 3 heterocycles. The van der Waals surface area contributed by atoms with Gasteiger partial charge in [-0.15, -0.1) is 0 Å². The summed E-state index contributed by atoms with van der Waals surface area (Å²) >= 11 is 0. The maximum absolute atomic E-state index is 11.7. The summed E-state index contributed by atoms with van der Waals surface area (Å²) < 4.78 is 51.2. The number of phosphoric acid groups is 3. The van der Waals surface area contributed by atoms with Gasteiger partial charge >= 0.3 is 0 Å². The highest BCUT2D eigenvalue weighted by Gasteiger charge is 2.52. The van der Waals surface area contributed by atoms with E-state index in [1.165, 1.54) is 17.8 Å². The summed E-state index contributed by atoms with van der Waals surface area (Å²) in [6, 6.07) is 3.11. The van der Waals surface area contributed by atoms with Gasteiger partial charge in [-0.3, -0.25) is 13.4 Å². The maximum atomic E-state index is 11.7. The van der Waals surface area contributed by atoms with Crippen molar-refractivity contribution < 1.29 is 56.3 Å². The second kappa shape index (κ2) is 8.49. The highest BCUT2D eigenvalue weighted by Crippen LogP contribution is 2.60. The predicted octanol–water partition coefficient (Wildman–Crippen LogP) is -3.35. The average Bonchev–Trinajstić information content (AvgIpc) is 3.11. The Morgan fingerprint density at radius 1 is 1.22 bits per heavy atom. The number of rotatable bonds is 8. The lowest BCUT2D eigenvalue weighted by molar-refractivity contribution is -0.339. The number of aliphatic hydroxyl groups excluding tert-OH is 1. The van der Waals surface area contributed by atoms with Crippen LogP contribution in [0.15, 0.2) is 18.5 Å². The lowest BCUT2D eigenvalue weighted by atomic mass is 9.88. The van der Waals surface area contributed by atoms with E-state index in [1.807, 2.05) is 0 Å². The van der Waals surface area contributed by atoms with Crippen LogP contribution in [0.25, 0.3) is 5.52 Å². The lowest BCUT2D eigenvalue weighted by Crippen LogP contribution is -2.51. The number of anilines is 1. The molecular weight excluding hydrogens is 499 g/mol. The van der Waals surface area contributed by atoms with Crippen LogP contribution in [-0.4, -0.2) is 44.1 Å². The number of phosphoric ester groups is 1. The van der Waals surface area contributed by atoms with E-state index >= 15 is 0 Å². The topological polar surface area (TPSA) is 283 Å². The number of hydrogen-bond donors (Lipinski definition) is 3. The molecule has 5 N–H and O–H groups in total. The van der Waals surface area contributed by atoms with Gasteiger partial charge in [0.25, 0.3) is 15.6 Å². The SMILES string of the molecule is C[C@@]1(N)[C@H](O)[C@@H](COP(=O)([O-])OP(=O)([O-])OP(=O)([O-])[O-])O[C@H]1c1ccc2c(N)ncnn12. The van der Waals surface area contributed by atoms with E-state index in [0.717, 1.165) is 0 Å². The highest BCUT2D eigenvalue weighted by atomic mass is 31.3. The Hall–Kier alpha value is -1.29. The molecule has 2 unspecified atom stereocenters. The molecule has 32 heavy (non-hydrogen) atoms. The molecule has 2 aromatic rings. The van der Waals surface area contributed by atoms with Crippen LogP contribution in [-0.2, 0) is 31.6 Å². The molecule has 20 heteroatoms. The van der Waals surface area contributed by atoms with E-state index < -0.39 is 53.9 Å². The molecule has 1 saturated heterocycles. The third-order valence-electron chi connectivity index (χ3n) is 4.44. The maximum Gasteiger partial charge on any atom is 0.278 e. The molecule has 3 rings (SSSR count). The van der Waals surface area contributed by atoms with Gasteiger partial charge in [-0.05, 0) is 19.1 Å². The van der Waals surface area contributed by atoms with Crippen molar-refractivity contribution in [2.75, 3.05) is 12.3 Å². The lowest BCUT2D eigenvalue weighted by Gasteiger charge is -2.37. The van der Waals surface area contributed by atoms with Gasteiger partial charge in [0, 0.05) is 0 Å². The molecular formula is C12H16N5O12P3-4. The van der Waals surface area contributed by atoms with Gasteiger partial charge in [-0.2, -0.15) is 5.10 Å². The largest absolute Gasteiger partial charge is 0.790 e. The van der Waals surface area contributed by atoms with E-state index in [9.17, 15) is 38.4 Å². The van der Waals surface area contributed by atoms with Gasteiger partial charge in [0.2, 0.25) is 0 Å². The van der Waals surface area contributed by atoms with Crippen LogP contribution in [0.5, 0.6) is 0 Å². The fourth-order valence-corrected chi connectivity index (χ4v) is 5.96. The van der Waals surface area contributed by atoms with Crippen LogP contribution in [0.4, 0.5) is 5.82 Å². The summed E-state index contributed by atoms with van der Waals surface area (Å²) in [6.07, 6.45) is -2.84. The van der Waals surface area contributed by atoms with Crippen molar-refractivity contribution in [3.05, 3.63) is 24.2 Å². The molecule has 1 aliphatic rings. The van der Waals surface area contributed by atoms with Gasteiger partial charge in [0.15, 0.2) is 5.82 Å². The van der Waals surface area contributed by atoms with Gasteiger partial charge in [-0.1, -0.05) is 0 Å². The summed E-state index contributed by atoms with van der Waals surface area (Å²) in [6.45, 7) is 0.414. The van der Waals surface area contributed by atoms with Crippen molar-refractivity contribution in [2.24, 2.45) is 5.73 Å². The zero-order valence-electron chi connectivity index (χ0n) is 15.9. The van der Waals surface area contributed by atoms with E-state index in [2.05, 4.69) is 23.2 Å². The van der Waals surface area contributed by atoms with E-state index in [-0.39, 0.29) is 5.82 Å². The van der Waals surface area contributed by atoms with Gasteiger partial charge in [-0.25, -0.2) is 13.8 Å². The Labute approximate surface area is 179 Å². The molecule has 0 bridgehead atoms. The third kappa shape index (κ3) is 5.43. The minimum Gasteiger partial charge on any atom is -0.790 e. The van der Waals surface area contributed by atoms with Crippen LogP contribution in [0.2, 0.25) is 0 Å². The van der Waals surface area contributed by atoms with E-state index in [4.69, 9.17) is 16.2 Å². The van der Waals surface area contributed by atoms with Crippen molar-refractivity contribution >= 4 is 34.8 Å². The molecule has 0 amide bonds. The van der Waals surface area contributed by atoms with E-state index in [1.54, 1.807) is 12.1 Å². The van der Waals surface area contributed by atoms with Crippen LogP contribution >= 0.6 is 23.5 Å². The van der Waals surface area contributed by atoms with Crippen molar-refractivity contribution in [1.82, 2.24) is 14.6 Å². The van der Waals surface area contributed by atoms with Crippen LogP contribution in [0, 0.1) is 0 Å². The standard InChI is InChI=1S/C12H20N5O12P3/c1-12(14)9(18)8(4-26-31(22,23)29-32(24,25)28-30(19,20)21)27-10(12)6-2-3-7-11(13)15-5-16-17(6)7/h2-3,5,8-10,18H,4,14H2,1H3,(H,22,23)(H,24,25)(H2,13,15,16)(H2,19,20,21)/p-4/t8-,9-,10+,12-/m1/s1. The number of nitrogen functional groups attached to an aromatic ring is 1. The minimum atomic E-state index is -6.12. The monoisotopic (exact) mass is 515 g/mol. The molecule has 0 radical (unpaired) electrons. The Bertz CT molecular complexity index is 1150. The molecule has 0 aliphatic carbocycles. The second-order valence-electron chi connectivity index (χ2n) is 6.87. The van der Waals surface area contributed by atoms with Crippen molar-refractivity contribution in [1.29, 1.82) is 0 Å². The van der Waals surface area contributed by atoms with Crippen molar-refractivity contribution in [3.8, 4) is 0 Å². The second-order valence-corrected chi connectivity index (χ2v) is 11.1. The van der Waals surface area contributed by atoms with Crippen molar-refractivity contribution in [3.63, 3.8) is 0 Å². The minimum absolute atomic E-state index is 0.151. The smallest absolute Gasteiger partial charge is 0.278 e. The summed E-state index contributed by atoms with van der Waals surface area (Å²) in [4.78, 5) is 47.5. The van der Waals surface area contributed by atoms with Gasteiger partial charge < -0.3 is 50.0 Å². The fourth-order valence-electron chi connectivity index (χ4n) is 3.09. The molecule has 1 fully saturated rings. The first kappa shape index (κ1) is 25.3. The summed E-state index contributed by atoms with van der Waals surface area (Å²) in [7, 11) is -18.0. The number of aliphatic hydroxyl groups is 1. The normalized spacial score (nSPS) is 30.3.